The molecule has 1 heterocycles. The van der Waals surface area contributed by atoms with E-state index in [1.165, 1.54) is 17.8 Å². The van der Waals surface area contributed by atoms with Gasteiger partial charge in [0.05, 0.1) is 18.0 Å². The number of hydrogen-bond donors (Lipinski definition) is 2. The van der Waals surface area contributed by atoms with Gasteiger partial charge in [-0.15, -0.1) is 11.8 Å². The van der Waals surface area contributed by atoms with Gasteiger partial charge in [0.25, 0.3) is 0 Å². The second-order valence-electron chi connectivity index (χ2n) is 6.42. The number of aromatic nitrogens is 1. The first-order valence-electron chi connectivity index (χ1n) is 8.79. The molecule has 1 aromatic carbocycles. The zero-order chi connectivity index (χ0) is 20.6. The maximum absolute atomic E-state index is 13.3. The highest BCUT2D eigenvalue weighted by molar-refractivity contribution is 8.02. The summed E-state index contributed by atoms with van der Waals surface area (Å²) in [6.45, 7) is 4.01. The molecule has 0 unspecified atom stereocenters. The van der Waals surface area contributed by atoms with E-state index < -0.39 is 11.7 Å². The molecule has 0 aliphatic carbocycles. The average Bonchev–Trinajstić information content (AvgIpc) is 2.66. The summed E-state index contributed by atoms with van der Waals surface area (Å²) < 4.78 is 45.4. The zero-order valence-electron chi connectivity index (χ0n) is 16.0. The molecule has 0 amide bonds. The summed E-state index contributed by atoms with van der Waals surface area (Å²) in [5.74, 6) is 0.408. The molecular formula is C20H24F3N3OS. The fraction of sp³-hybridized carbons (Fsp3) is 0.350. The molecule has 0 aliphatic heterocycles. The number of thioether (sulfide) groups is 1. The molecule has 0 spiro atoms. The van der Waals surface area contributed by atoms with Gasteiger partial charge in [-0.3, -0.25) is 4.98 Å². The van der Waals surface area contributed by atoms with Crippen molar-refractivity contribution in [3.8, 4) is 5.75 Å². The van der Waals surface area contributed by atoms with Crippen molar-refractivity contribution >= 4 is 23.1 Å². The van der Waals surface area contributed by atoms with Gasteiger partial charge in [-0.05, 0) is 41.7 Å². The molecule has 0 fully saturated rings. The smallest absolute Gasteiger partial charge is 0.420 e. The van der Waals surface area contributed by atoms with Crippen molar-refractivity contribution in [2.75, 3.05) is 24.8 Å². The number of rotatable bonds is 9. The third kappa shape index (κ3) is 6.67. The Bertz CT molecular complexity index is 780. The van der Waals surface area contributed by atoms with Crippen LogP contribution in [0, 0.1) is 5.92 Å². The largest absolute Gasteiger partial charge is 0.493 e. The number of anilines is 1. The Balaban J connectivity index is 2.03. The Labute approximate surface area is 167 Å². The quantitative estimate of drug-likeness (QED) is 0.424. The molecule has 0 saturated heterocycles. The molecule has 0 atom stereocenters. The van der Waals surface area contributed by atoms with Crippen LogP contribution in [0.3, 0.4) is 0 Å². The standard InChI is InChI=1S/C20H24F3N3OS/c1-14(2)11-27-19-7-6-16(9-17(19)20(21,22)23)26-13-28-12-18(24-3)15-5-4-8-25-10-15/h4-10,12,14,24,26H,11,13H2,1-3H3/b18-12-. The number of alkyl halides is 3. The molecule has 0 radical (unpaired) electrons. The van der Waals surface area contributed by atoms with E-state index in [1.54, 1.807) is 25.5 Å². The Morgan fingerprint density at radius 2 is 2.07 bits per heavy atom. The Kier molecular flexibility index (Phi) is 8.04. The normalized spacial score (nSPS) is 12.2. The number of hydrogen-bond acceptors (Lipinski definition) is 5. The number of nitrogens with zero attached hydrogens (tertiary/aromatic N) is 1. The van der Waals surface area contributed by atoms with E-state index in [4.69, 9.17) is 4.74 Å². The molecule has 2 N–H and O–H groups in total. The van der Waals surface area contributed by atoms with E-state index in [2.05, 4.69) is 15.6 Å². The predicted octanol–water partition coefficient (Wildman–Crippen LogP) is 5.46. The van der Waals surface area contributed by atoms with Crippen molar-refractivity contribution in [3.05, 3.63) is 59.3 Å². The summed E-state index contributed by atoms with van der Waals surface area (Å²) in [5.41, 5.74) is 1.43. The van der Waals surface area contributed by atoms with E-state index in [1.807, 2.05) is 31.4 Å². The van der Waals surface area contributed by atoms with Gasteiger partial charge in [-0.1, -0.05) is 13.8 Å². The molecule has 2 aromatic rings. The number of pyridine rings is 1. The zero-order valence-corrected chi connectivity index (χ0v) is 16.8. The second kappa shape index (κ2) is 10.3. The lowest BCUT2D eigenvalue weighted by Crippen LogP contribution is -2.12. The SMILES string of the molecule is CN/C(=C\SCNc1ccc(OCC(C)C)c(C(F)(F)F)c1)c1cccnc1. The summed E-state index contributed by atoms with van der Waals surface area (Å²) in [6.07, 6.45) is -1.04. The van der Waals surface area contributed by atoms with E-state index in [0.717, 1.165) is 17.3 Å². The van der Waals surface area contributed by atoms with Gasteiger partial charge in [0, 0.05) is 36.4 Å². The molecule has 8 heteroatoms. The molecule has 0 aliphatic rings. The van der Waals surface area contributed by atoms with Crippen LogP contribution in [0.1, 0.15) is 25.0 Å². The highest BCUT2D eigenvalue weighted by Crippen LogP contribution is 2.38. The first-order valence-corrected chi connectivity index (χ1v) is 9.84. The Hall–Kier alpha value is -2.35. The van der Waals surface area contributed by atoms with Gasteiger partial charge < -0.3 is 15.4 Å². The molecular weight excluding hydrogens is 387 g/mol. The van der Waals surface area contributed by atoms with Crippen LogP contribution in [0.2, 0.25) is 0 Å². The monoisotopic (exact) mass is 411 g/mol. The van der Waals surface area contributed by atoms with E-state index >= 15 is 0 Å². The summed E-state index contributed by atoms with van der Waals surface area (Å²) >= 11 is 1.43. The van der Waals surface area contributed by atoms with E-state index in [0.29, 0.717) is 11.6 Å². The number of ether oxygens (including phenoxy) is 1. The van der Waals surface area contributed by atoms with E-state index in [9.17, 15) is 13.2 Å². The third-order valence-corrected chi connectivity index (χ3v) is 4.37. The highest BCUT2D eigenvalue weighted by atomic mass is 32.2. The van der Waals surface area contributed by atoms with Gasteiger partial charge in [-0.2, -0.15) is 13.2 Å². The van der Waals surface area contributed by atoms with Crippen LogP contribution >= 0.6 is 11.8 Å². The van der Waals surface area contributed by atoms with Gasteiger partial charge >= 0.3 is 6.18 Å². The van der Waals surface area contributed by atoms with Crippen LogP contribution in [-0.2, 0) is 6.18 Å². The van der Waals surface area contributed by atoms with Gasteiger partial charge in [0.15, 0.2) is 0 Å². The Morgan fingerprint density at radius 3 is 2.68 bits per heavy atom. The van der Waals surface area contributed by atoms with Crippen LogP contribution in [0.5, 0.6) is 5.75 Å². The maximum atomic E-state index is 13.3. The minimum atomic E-state index is -4.48. The molecule has 4 nitrogen and oxygen atoms in total. The van der Waals surface area contributed by atoms with Crippen molar-refractivity contribution in [2.45, 2.75) is 20.0 Å². The topological polar surface area (TPSA) is 46.2 Å². The summed E-state index contributed by atoms with van der Waals surface area (Å²) in [7, 11) is 1.80. The third-order valence-electron chi connectivity index (χ3n) is 3.66. The van der Waals surface area contributed by atoms with Gasteiger partial charge in [0.1, 0.15) is 5.75 Å². The fourth-order valence-electron chi connectivity index (χ4n) is 2.29. The number of nitrogens with one attached hydrogen (secondary N) is 2. The lowest BCUT2D eigenvalue weighted by atomic mass is 10.1. The summed E-state index contributed by atoms with van der Waals surface area (Å²) in [4.78, 5) is 4.07. The number of halogens is 3. The summed E-state index contributed by atoms with van der Waals surface area (Å²) in [5, 5.41) is 7.98. The van der Waals surface area contributed by atoms with Crippen molar-refractivity contribution in [2.24, 2.45) is 5.92 Å². The van der Waals surface area contributed by atoms with Crippen LogP contribution in [-0.4, -0.2) is 24.5 Å². The van der Waals surface area contributed by atoms with Gasteiger partial charge in [-0.25, -0.2) is 0 Å². The fourth-order valence-corrected chi connectivity index (χ4v) is 3.04. The molecule has 2 rings (SSSR count). The summed E-state index contributed by atoms with van der Waals surface area (Å²) in [6, 6.07) is 7.80. The molecule has 152 valence electrons. The van der Waals surface area contributed by atoms with Crippen LogP contribution < -0.4 is 15.4 Å². The number of benzene rings is 1. The second-order valence-corrected chi connectivity index (χ2v) is 7.28. The lowest BCUT2D eigenvalue weighted by Gasteiger charge is -2.17. The van der Waals surface area contributed by atoms with Crippen LogP contribution in [0.25, 0.3) is 5.70 Å². The van der Waals surface area contributed by atoms with Crippen LogP contribution in [0.15, 0.2) is 48.1 Å². The van der Waals surface area contributed by atoms with Crippen LogP contribution in [0.4, 0.5) is 18.9 Å². The van der Waals surface area contributed by atoms with Crippen molar-refractivity contribution in [1.82, 2.24) is 10.3 Å². The molecule has 0 bridgehead atoms. The highest BCUT2D eigenvalue weighted by Gasteiger charge is 2.34. The average molecular weight is 411 g/mol. The first-order chi connectivity index (χ1) is 13.3. The lowest BCUT2D eigenvalue weighted by molar-refractivity contribution is -0.139. The van der Waals surface area contributed by atoms with Crippen molar-refractivity contribution < 1.29 is 17.9 Å². The first kappa shape index (κ1) is 21.9. The van der Waals surface area contributed by atoms with Crippen molar-refractivity contribution in [1.29, 1.82) is 0 Å². The molecule has 1 aromatic heterocycles. The molecule has 28 heavy (non-hydrogen) atoms. The maximum Gasteiger partial charge on any atom is 0.420 e. The predicted molar refractivity (Wildman–Crippen MR) is 109 cm³/mol. The van der Waals surface area contributed by atoms with Gasteiger partial charge in [0.2, 0.25) is 0 Å². The van der Waals surface area contributed by atoms with E-state index in [-0.39, 0.29) is 18.3 Å². The van der Waals surface area contributed by atoms with Crippen molar-refractivity contribution in [3.63, 3.8) is 0 Å². The Morgan fingerprint density at radius 1 is 1.29 bits per heavy atom. The molecule has 0 saturated carbocycles. The minimum absolute atomic E-state index is 0.142. The minimum Gasteiger partial charge on any atom is -0.493 e.